The molecule has 0 saturated carbocycles. The van der Waals surface area contributed by atoms with Crippen molar-refractivity contribution in [1.29, 1.82) is 5.26 Å². The van der Waals surface area contributed by atoms with Crippen molar-refractivity contribution in [2.45, 2.75) is 13.3 Å². The number of carbonyl (C=O) groups excluding carboxylic acids is 2. The maximum absolute atomic E-state index is 13.4. The van der Waals surface area contributed by atoms with Crippen molar-refractivity contribution in [3.63, 3.8) is 0 Å². The van der Waals surface area contributed by atoms with E-state index in [-0.39, 0.29) is 5.56 Å². The van der Waals surface area contributed by atoms with E-state index >= 15 is 0 Å². The summed E-state index contributed by atoms with van der Waals surface area (Å²) in [5.74, 6) is -3.41. The molecule has 0 aliphatic carbocycles. The van der Waals surface area contributed by atoms with Gasteiger partial charge in [0.05, 0.1) is 6.07 Å². The van der Waals surface area contributed by atoms with Gasteiger partial charge in [0.1, 0.15) is 5.82 Å². The van der Waals surface area contributed by atoms with Gasteiger partial charge in [-0.1, -0.05) is 12.1 Å². The van der Waals surface area contributed by atoms with Crippen molar-refractivity contribution in [2.24, 2.45) is 5.92 Å². The van der Waals surface area contributed by atoms with Gasteiger partial charge < -0.3 is 10.1 Å². The minimum absolute atomic E-state index is 0.0108. The molecular formula is C15H17FN2O3. The highest BCUT2D eigenvalue weighted by molar-refractivity contribution is 6.12. The number of benzene rings is 1. The first kappa shape index (κ1) is 16.8. The highest BCUT2D eigenvalue weighted by Crippen LogP contribution is 2.13. The predicted molar refractivity (Wildman–Crippen MR) is 74.1 cm³/mol. The van der Waals surface area contributed by atoms with Gasteiger partial charge in [0.15, 0.2) is 11.7 Å². The van der Waals surface area contributed by atoms with Crippen LogP contribution in [0.25, 0.3) is 0 Å². The number of ether oxygens (including phenoxy) is 1. The van der Waals surface area contributed by atoms with Crippen molar-refractivity contribution in [2.75, 3.05) is 20.3 Å². The number of carbonyl (C=O) groups is 2. The lowest BCUT2D eigenvalue weighted by atomic mass is 9.97. The van der Waals surface area contributed by atoms with Gasteiger partial charge in [0.2, 0.25) is 5.91 Å². The van der Waals surface area contributed by atoms with E-state index in [1.807, 2.05) is 0 Å². The average Bonchev–Trinajstić information content (AvgIpc) is 2.47. The molecule has 5 nitrogen and oxygen atoms in total. The van der Waals surface area contributed by atoms with Crippen molar-refractivity contribution >= 4 is 11.7 Å². The molecule has 0 aliphatic heterocycles. The fourth-order valence-corrected chi connectivity index (χ4v) is 1.68. The summed E-state index contributed by atoms with van der Waals surface area (Å²) in [5, 5.41) is 11.5. The lowest BCUT2D eigenvalue weighted by Crippen LogP contribution is -2.35. The molecule has 112 valence electrons. The number of rotatable bonds is 7. The van der Waals surface area contributed by atoms with Crippen molar-refractivity contribution < 1.29 is 18.7 Å². The smallest absolute Gasteiger partial charge is 0.245 e. The maximum atomic E-state index is 13.4. The summed E-state index contributed by atoms with van der Waals surface area (Å²) in [5.41, 5.74) is 0.403. The number of methoxy groups -OCH3 is 1. The van der Waals surface area contributed by atoms with Crippen LogP contribution in [0.3, 0.4) is 0 Å². The Balaban J connectivity index is 2.75. The van der Waals surface area contributed by atoms with Crippen molar-refractivity contribution in [3.05, 3.63) is 35.1 Å². The summed E-state index contributed by atoms with van der Waals surface area (Å²) < 4.78 is 18.3. The molecule has 1 rings (SSSR count). The number of hydrogen-bond acceptors (Lipinski definition) is 4. The Morgan fingerprint density at radius 1 is 1.48 bits per heavy atom. The first-order valence-corrected chi connectivity index (χ1v) is 6.48. The van der Waals surface area contributed by atoms with Crippen LogP contribution < -0.4 is 5.32 Å². The van der Waals surface area contributed by atoms with E-state index in [4.69, 9.17) is 10.00 Å². The molecule has 0 bridgehead atoms. The second kappa shape index (κ2) is 8.12. The molecule has 0 saturated heterocycles. The molecule has 1 unspecified atom stereocenters. The standard InChI is InChI=1S/C15H17FN2O3/c1-10-4-5-11(8-13(10)16)14(19)12(9-17)15(20)18-6-3-7-21-2/h4-5,8,12H,3,6-7H2,1-2H3,(H,18,20). The van der Waals surface area contributed by atoms with Crippen LogP contribution in [-0.4, -0.2) is 32.0 Å². The zero-order chi connectivity index (χ0) is 15.8. The number of ketones is 1. The Labute approximate surface area is 122 Å². The minimum atomic E-state index is -1.48. The van der Waals surface area contributed by atoms with Gasteiger partial charge in [0.25, 0.3) is 0 Å². The summed E-state index contributed by atoms with van der Waals surface area (Å²) in [6.45, 7) is 2.34. The Morgan fingerprint density at radius 2 is 2.19 bits per heavy atom. The summed E-state index contributed by atoms with van der Waals surface area (Å²) in [6, 6.07) is 5.55. The molecular weight excluding hydrogens is 275 g/mol. The first-order valence-electron chi connectivity index (χ1n) is 6.48. The molecule has 0 fully saturated rings. The summed E-state index contributed by atoms with van der Waals surface area (Å²) in [7, 11) is 1.54. The number of nitrogens with zero attached hydrogens (tertiary/aromatic N) is 1. The Kier molecular flexibility index (Phi) is 6.50. The SMILES string of the molecule is COCCCNC(=O)C(C#N)C(=O)c1ccc(C)c(F)c1. The maximum Gasteiger partial charge on any atom is 0.245 e. The number of aryl methyl sites for hydroxylation is 1. The third-order valence-electron chi connectivity index (χ3n) is 2.93. The number of halogens is 1. The van der Waals surface area contributed by atoms with Crippen LogP contribution >= 0.6 is 0 Å². The minimum Gasteiger partial charge on any atom is -0.385 e. The fourth-order valence-electron chi connectivity index (χ4n) is 1.68. The Morgan fingerprint density at radius 3 is 2.76 bits per heavy atom. The molecule has 1 aromatic carbocycles. The Bertz CT molecular complexity index is 567. The molecule has 0 heterocycles. The van der Waals surface area contributed by atoms with Crippen LogP contribution in [-0.2, 0) is 9.53 Å². The van der Waals surface area contributed by atoms with Gasteiger partial charge in [-0.15, -0.1) is 0 Å². The molecule has 1 atom stereocenters. The highest BCUT2D eigenvalue weighted by Gasteiger charge is 2.27. The van der Waals surface area contributed by atoms with Gasteiger partial charge in [-0.25, -0.2) is 4.39 Å². The second-order valence-corrected chi connectivity index (χ2v) is 4.53. The third-order valence-corrected chi connectivity index (χ3v) is 2.93. The zero-order valence-electron chi connectivity index (χ0n) is 12.0. The van der Waals surface area contributed by atoms with Crippen LogP contribution in [0.2, 0.25) is 0 Å². The summed E-state index contributed by atoms with van der Waals surface area (Å²) in [4.78, 5) is 23.9. The van der Waals surface area contributed by atoms with E-state index in [1.54, 1.807) is 13.0 Å². The molecule has 0 radical (unpaired) electrons. The number of nitriles is 1. The monoisotopic (exact) mass is 292 g/mol. The van der Waals surface area contributed by atoms with Crippen molar-refractivity contribution in [3.8, 4) is 6.07 Å². The summed E-state index contributed by atoms with van der Waals surface area (Å²) in [6.07, 6.45) is 0.577. The topological polar surface area (TPSA) is 79.2 Å². The molecule has 1 aromatic rings. The number of amides is 1. The normalized spacial score (nSPS) is 11.5. The van der Waals surface area contributed by atoms with E-state index in [9.17, 15) is 14.0 Å². The lowest BCUT2D eigenvalue weighted by molar-refractivity contribution is -0.122. The van der Waals surface area contributed by atoms with Crippen LogP contribution in [0.15, 0.2) is 18.2 Å². The second-order valence-electron chi connectivity index (χ2n) is 4.53. The predicted octanol–water partition coefficient (Wildman–Crippen LogP) is 1.61. The molecule has 21 heavy (non-hydrogen) atoms. The van der Waals surface area contributed by atoms with Crippen LogP contribution in [0.1, 0.15) is 22.3 Å². The van der Waals surface area contributed by atoms with Crippen LogP contribution in [0, 0.1) is 30.0 Å². The quantitative estimate of drug-likeness (QED) is 0.470. The van der Waals surface area contributed by atoms with Crippen LogP contribution in [0.5, 0.6) is 0 Å². The number of nitrogens with one attached hydrogen (secondary N) is 1. The number of hydrogen-bond donors (Lipinski definition) is 1. The summed E-state index contributed by atoms with van der Waals surface area (Å²) >= 11 is 0. The zero-order valence-corrected chi connectivity index (χ0v) is 12.0. The van der Waals surface area contributed by atoms with E-state index in [0.29, 0.717) is 25.1 Å². The lowest BCUT2D eigenvalue weighted by Gasteiger charge is -2.10. The first-order chi connectivity index (χ1) is 10.0. The molecule has 0 aromatic heterocycles. The van der Waals surface area contributed by atoms with Crippen LogP contribution in [0.4, 0.5) is 4.39 Å². The molecule has 0 aliphatic rings. The van der Waals surface area contributed by atoms with E-state index in [1.165, 1.54) is 19.2 Å². The fraction of sp³-hybridized carbons (Fsp3) is 0.400. The van der Waals surface area contributed by atoms with E-state index in [0.717, 1.165) is 6.07 Å². The van der Waals surface area contributed by atoms with Gasteiger partial charge in [0, 0.05) is 25.8 Å². The van der Waals surface area contributed by atoms with Gasteiger partial charge in [-0.3, -0.25) is 9.59 Å². The highest BCUT2D eigenvalue weighted by atomic mass is 19.1. The van der Waals surface area contributed by atoms with Gasteiger partial charge in [-0.2, -0.15) is 5.26 Å². The average molecular weight is 292 g/mol. The van der Waals surface area contributed by atoms with Gasteiger partial charge >= 0.3 is 0 Å². The van der Waals surface area contributed by atoms with Gasteiger partial charge in [-0.05, 0) is 25.0 Å². The molecule has 1 amide bonds. The third kappa shape index (κ3) is 4.65. The molecule has 0 spiro atoms. The van der Waals surface area contributed by atoms with Crippen molar-refractivity contribution in [1.82, 2.24) is 5.32 Å². The largest absolute Gasteiger partial charge is 0.385 e. The molecule has 6 heteroatoms. The van der Waals surface area contributed by atoms with E-state index < -0.39 is 23.4 Å². The molecule has 1 N–H and O–H groups in total. The number of Topliss-reactive ketones (excluding diaryl/α,β-unsaturated/α-hetero) is 1. The Hall–Kier alpha value is -2.26. The van der Waals surface area contributed by atoms with E-state index in [2.05, 4.69) is 5.32 Å².